The standard InChI is InChI=1S/C19H20N6O2S/c1-12(14-9-21-10-14)27-17-4-2-3-15(22-17)24-19(26)25-16-11-28-18(23-16)13-5-7-20-8-6-13/h2-8,11-12,14,21H,9-10H2,1H3,(H2,22,24,25,26). The molecule has 1 saturated heterocycles. The molecule has 2 amide bonds. The van der Waals surface area contributed by atoms with Gasteiger partial charge in [0.25, 0.3) is 0 Å². The van der Waals surface area contributed by atoms with E-state index in [1.54, 1.807) is 36.0 Å². The van der Waals surface area contributed by atoms with Gasteiger partial charge in [-0.1, -0.05) is 6.07 Å². The van der Waals surface area contributed by atoms with Gasteiger partial charge in [-0.3, -0.25) is 15.6 Å². The van der Waals surface area contributed by atoms with Gasteiger partial charge in [0.2, 0.25) is 5.88 Å². The Kier molecular flexibility index (Phi) is 5.45. The normalized spacial score (nSPS) is 14.8. The van der Waals surface area contributed by atoms with Crippen molar-refractivity contribution in [1.82, 2.24) is 20.3 Å². The highest BCUT2D eigenvalue weighted by Crippen LogP contribution is 2.25. The van der Waals surface area contributed by atoms with Gasteiger partial charge in [0.1, 0.15) is 22.7 Å². The number of ether oxygens (including phenoxy) is 1. The topological polar surface area (TPSA) is 101 Å². The first kappa shape index (κ1) is 18.3. The van der Waals surface area contributed by atoms with Crippen LogP contribution < -0.4 is 20.7 Å². The van der Waals surface area contributed by atoms with E-state index in [0.717, 1.165) is 23.7 Å². The van der Waals surface area contributed by atoms with Crippen LogP contribution >= 0.6 is 11.3 Å². The number of amides is 2. The number of hydrogen-bond acceptors (Lipinski definition) is 7. The van der Waals surface area contributed by atoms with Crippen LogP contribution in [0.25, 0.3) is 10.6 Å². The van der Waals surface area contributed by atoms with E-state index >= 15 is 0 Å². The van der Waals surface area contributed by atoms with Gasteiger partial charge in [-0.25, -0.2) is 9.78 Å². The van der Waals surface area contributed by atoms with Crippen LogP contribution in [0.4, 0.5) is 16.4 Å². The van der Waals surface area contributed by atoms with Crippen LogP contribution in [-0.4, -0.2) is 40.2 Å². The Morgan fingerprint density at radius 3 is 2.71 bits per heavy atom. The molecule has 3 N–H and O–H groups in total. The number of carbonyl (C=O) groups is 1. The summed E-state index contributed by atoms with van der Waals surface area (Å²) < 4.78 is 5.87. The minimum atomic E-state index is -0.410. The first-order valence-corrected chi connectivity index (χ1v) is 9.84. The lowest BCUT2D eigenvalue weighted by molar-refractivity contribution is 0.110. The van der Waals surface area contributed by atoms with Crippen molar-refractivity contribution in [2.24, 2.45) is 5.92 Å². The summed E-state index contributed by atoms with van der Waals surface area (Å²) in [7, 11) is 0. The van der Waals surface area contributed by atoms with Crippen molar-refractivity contribution >= 4 is 29.0 Å². The second-order valence-corrected chi connectivity index (χ2v) is 7.31. The number of hydrogen-bond donors (Lipinski definition) is 3. The average molecular weight is 396 g/mol. The molecular formula is C19H20N6O2S. The molecule has 0 spiro atoms. The minimum Gasteiger partial charge on any atom is -0.474 e. The molecular weight excluding hydrogens is 376 g/mol. The lowest BCUT2D eigenvalue weighted by Crippen LogP contribution is -2.49. The second kappa shape index (κ2) is 8.32. The molecule has 0 saturated carbocycles. The highest BCUT2D eigenvalue weighted by molar-refractivity contribution is 7.13. The predicted molar refractivity (Wildman–Crippen MR) is 109 cm³/mol. The van der Waals surface area contributed by atoms with Gasteiger partial charge < -0.3 is 10.1 Å². The molecule has 8 nitrogen and oxygen atoms in total. The first-order chi connectivity index (χ1) is 13.7. The zero-order chi connectivity index (χ0) is 19.3. The van der Waals surface area contributed by atoms with Crippen LogP contribution in [0.5, 0.6) is 5.88 Å². The summed E-state index contributed by atoms with van der Waals surface area (Å²) in [6.45, 7) is 3.94. The van der Waals surface area contributed by atoms with Crippen molar-refractivity contribution in [2.75, 3.05) is 23.7 Å². The number of anilines is 2. The fourth-order valence-corrected chi connectivity index (χ4v) is 3.46. The van der Waals surface area contributed by atoms with Gasteiger partial charge in [0, 0.05) is 48.4 Å². The van der Waals surface area contributed by atoms with Crippen molar-refractivity contribution in [2.45, 2.75) is 13.0 Å². The smallest absolute Gasteiger partial charge is 0.326 e. The highest BCUT2D eigenvalue weighted by Gasteiger charge is 2.25. The summed E-state index contributed by atoms with van der Waals surface area (Å²) in [6, 6.07) is 8.64. The van der Waals surface area contributed by atoms with Crippen LogP contribution in [0.2, 0.25) is 0 Å². The highest BCUT2D eigenvalue weighted by atomic mass is 32.1. The summed E-state index contributed by atoms with van der Waals surface area (Å²) in [6.07, 6.45) is 3.48. The van der Waals surface area contributed by atoms with E-state index in [-0.39, 0.29) is 6.10 Å². The molecule has 3 aromatic rings. The lowest BCUT2D eigenvalue weighted by Gasteiger charge is -2.32. The van der Waals surface area contributed by atoms with E-state index < -0.39 is 6.03 Å². The summed E-state index contributed by atoms with van der Waals surface area (Å²) in [5.41, 5.74) is 0.954. The van der Waals surface area contributed by atoms with Gasteiger partial charge >= 0.3 is 6.03 Å². The van der Waals surface area contributed by atoms with E-state index in [1.165, 1.54) is 11.3 Å². The molecule has 144 valence electrons. The second-order valence-electron chi connectivity index (χ2n) is 6.46. The zero-order valence-electron chi connectivity index (χ0n) is 15.3. The van der Waals surface area contributed by atoms with Gasteiger partial charge in [-0.15, -0.1) is 11.3 Å². The Morgan fingerprint density at radius 1 is 1.18 bits per heavy atom. The molecule has 28 heavy (non-hydrogen) atoms. The number of thiazole rings is 1. The maximum absolute atomic E-state index is 12.3. The Morgan fingerprint density at radius 2 is 1.96 bits per heavy atom. The van der Waals surface area contributed by atoms with Gasteiger partial charge in [-0.05, 0) is 25.1 Å². The number of rotatable bonds is 6. The van der Waals surface area contributed by atoms with Crippen molar-refractivity contribution in [1.29, 1.82) is 0 Å². The third kappa shape index (κ3) is 4.44. The first-order valence-electron chi connectivity index (χ1n) is 8.96. The fraction of sp³-hybridized carbons (Fsp3) is 0.263. The molecule has 0 aromatic carbocycles. The van der Waals surface area contributed by atoms with Gasteiger partial charge in [0.05, 0.1) is 0 Å². The Hall–Kier alpha value is -3.04. The number of pyridine rings is 2. The number of urea groups is 1. The Bertz CT molecular complexity index is 944. The van der Waals surface area contributed by atoms with Crippen molar-refractivity contribution in [3.8, 4) is 16.5 Å². The molecule has 9 heteroatoms. The third-order valence-corrected chi connectivity index (χ3v) is 5.31. The minimum absolute atomic E-state index is 0.0689. The van der Waals surface area contributed by atoms with Gasteiger partial charge in [-0.2, -0.15) is 4.98 Å². The van der Waals surface area contributed by atoms with E-state index in [0.29, 0.717) is 23.4 Å². The lowest BCUT2D eigenvalue weighted by atomic mass is 9.98. The van der Waals surface area contributed by atoms with Crippen LogP contribution in [0.3, 0.4) is 0 Å². The van der Waals surface area contributed by atoms with Crippen molar-refractivity contribution in [3.05, 3.63) is 48.1 Å². The third-order valence-electron chi connectivity index (χ3n) is 4.42. The summed E-state index contributed by atoms with van der Waals surface area (Å²) >= 11 is 1.45. The number of aromatic nitrogens is 3. The summed E-state index contributed by atoms with van der Waals surface area (Å²) in [5, 5.41) is 11.3. The van der Waals surface area contributed by atoms with Crippen LogP contribution in [-0.2, 0) is 0 Å². The maximum atomic E-state index is 12.3. The van der Waals surface area contributed by atoms with E-state index in [2.05, 4.69) is 30.9 Å². The molecule has 4 rings (SSSR count). The quantitative estimate of drug-likeness (QED) is 0.591. The SMILES string of the molecule is CC(Oc1cccc(NC(=O)Nc2csc(-c3ccncc3)n2)n1)C1CNC1. The number of nitrogens with one attached hydrogen (secondary N) is 3. The molecule has 3 aromatic heterocycles. The predicted octanol–water partition coefficient (Wildman–Crippen LogP) is 3.23. The van der Waals surface area contributed by atoms with E-state index in [9.17, 15) is 4.79 Å². The van der Waals surface area contributed by atoms with Crippen LogP contribution in [0, 0.1) is 5.92 Å². The zero-order valence-corrected chi connectivity index (χ0v) is 16.1. The largest absolute Gasteiger partial charge is 0.474 e. The molecule has 1 unspecified atom stereocenters. The number of nitrogens with zero attached hydrogens (tertiary/aromatic N) is 3. The summed E-state index contributed by atoms with van der Waals surface area (Å²) in [5.74, 6) is 1.87. The monoisotopic (exact) mass is 396 g/mol. The summed E-state index contributed by atoms with van der Waals surface area (Å²) in [4.78, 5) is 25.0. The molecule has 1 aliphatic rings. The molecule has 4 heterocycles. The van der Waals surface area contributed by atoms with Crippen molar-refractivity contribution < 1.29 is 9.53 Å². The Labute approximate surface area is 166 Å². The molecule has 1 aliphatic heterocycles. The Balaban J connectivity index is 1.35. The maximum Gasteiger partial charge on any atom is 0.326 e. The molecule has 0 bridgehead atoms. The number of carbonyl (C=O) groups excluding carboxylic acids is 1. The molecule has 1 fully saturated rings. The molecule has 1 atom stereocenters. The van der Waals surface area contributed by atoms with Crippen LogP contribution in [0.15, 0.2) is 48.1 Å². The fourth-order valence-electron chi connectivity index (χ4n) is 2.70. The molecule has 0 aliphatic carbocycles. The van der Waals surface area contributed by atoms with Crippen molar-refractivity contribution in [3.63, 3.8) is 0 Å². The molecule has 0 radical (unpaired) electrons. The average Bonchev–Trinajstić information content (AvgIpc) is 3.09. The van der Waals surface area contributed by atoms with Crippen LogP contribution in [0.1, 0.15) is 6.92 Å². The van der Waals surface area contributed by atoms with E-state index in [4.69, 9.17) is 4.74 Å². The van der Waals surface area contributed by atoms with E-state index in [1.807, 2.05) is 19.1 Å². The van der Waals surface area contributed by atoms with Gasteiger partial charge in [0.15, 0.2) is 0 Å².